The second-order valence-electron chi connectivity index (χ2n) is 6.15. The van der Waals surface area contributed by atoms with Gasteiger partial charge in [0.25, 0.3) is 5.91 Å². The van der Waals surface area contributed by atoms with Gasteiger partial charge in [0, 0.05) is 26.2 Å². The van der Waals surface area contributed by atoms with E-state index >= 15 is 0 Å². The number of ether oxygens (including phenoxy) is 1. The number of carbonyl (C=O) groups is 2. The zero-order chi connectivity index (χ0) is 21.2. The first-order valence-electron chi connectivity index (χ1n) is 8.72. The van der Waals surface area contributed by atoms with Crippen molar-refractivity contribution in [3.05, 3.63) is 41.5 Å². The maximum absolute atomic E-state index is 13.7. The number of rotatable bonds is 3. The predicted molar refractivity (Wildman–Crippen MR) is 90.8 cm³/mol. The summed E-state index contributed by atoms with van der Waals surface area (Å²) in [5.41, 5.74) is -2.29. The van der Waals surface area contributed by atoms with Gasteiger partial charge in [-0.25, -0.2) is 13.9 Å². The third-order valence-corrected chi connectivity index (χ3v) is 4.31. The number of nitrogens with zero attached hydrogens (tertiary/aromatic N) is 5. The molecule has 1 aliphatic heterocycles. The Kier molecular flexibility index (Phi) is 5.71. The van der Waals surface area contributed by atoms with Gasteiger partial charge in [0.2, 0.25) is 0 Å². The molecule has 1 aromatic carbocycles. The van der Waals surface area contributed by atoms with Crippen LogP contribution in [0.3, 0.4) is 0 Å². The number of hydrogen-bond donors (Lipinski definition) is 0. The molecule has 0 spiro atoms. The number of aromatic nitrogens is 3. The maximum atomic E-state index is 13.7. The lowest BCUT2D eigenvalue weighted by Crippen LogP contribution is -2.51. The van der Waals surface area contributed by atoms with Gasteiger partial charge in [0.1, 0.15) is 5.82 Å². The molecule has 1 aromatic heterocycles. The standard InChI is InChI=1S/C17H17F4N5O3/c1-2-29-16(28)25-9-7-24(8-10-25)15(27)13-14(17(19,20)21)26(23-22-13)12-5-3-11(18)4-6-12/h3-6H,2,7-10H2,1H3. The molecule has 0 atom stereocenters. The molecule has 12 heteroatoms. The summed E-state index contributed by atoms with van der Waals surface area (Å²) in [5, 5.41) is 6.90. The molecule has 1 fully saturated rings. The van der Waals surface area contributed by atoms with Crippen molar-refractivity contribution in [1.29, 1.82) is 0 Å². The highest BCUT2D eigenvalue weighted by Gasteiger charge is 2.43. The highest BCUT2D eigenvalue weighted by molar-refractivity contribution is 5.93. The fourth-order valence-electron chi connectivity index (χ4n) is 2.90. The molecule has 2 amide bonds. The smallest absolute Gasteiger partial charge is 0.435 e. The van der Waals surface area contributed by atoms with E-state index < -0.39 is 35.4 Å². The molecule has 2 aromatic rings. The quantitative estimate of drug-likeness (QED) is 0.719. The molecule has 0 saturated carbocycles. The topological polar surface area (TPSA) is 80.6 Å². The Morgan fingerprint density at radius 3 is 2.21 bits per heavy atom. The molecule has 3 rings (SSSR count). The number of amides is 2. The van der Waals surface area contributed by atoms with Crippen LogP contribution < -0.4 is 0 Å². The minimum atomic E-state index is -4.92. The molecule has 1 aliphatic rings. The lowest BCUT2D eigenvalue weighted by Gasteiger charge is -2.33. The fraction of sp³-hybridized carbons (Fsp3) is 0.412. The first-order valence-corrected chi connectivity index (χ1v) is 8.72. The Morgan fingerprint density at radius 1 is 1.07 bits per heavy atom. The van der Waals surface area contributed by atoms with Gasteiger partial charge < -0.3 is 14.5 Å². The van der Waals surface area contributed by atoms with Crippen molar-refractivity contribution in [2.24, 2.45) is 0 Å². The number of benzene rings is 1. The highest BCUT2D eigenvalue weighted by Crippen LogP contribution is 2.33. The van der Waals surface area contributed by atoms with Crippen molar-refractivity contribution in [3.8, 4) is 5.69 Å². The van der Waals surface area contributed by atoms with Gasteiger partial charge in [0.15, 0.2) is 11.4 Å². The molecule has 156 valence electrons. The second-order valence-corrected chi connectivity index (χ2v) is 6.15. The second kappa shape index (κ2) is 8.05. The summed E-state index contributed by atoms with van der Waals surface area (Å²) >= 11 is 0. The summed E-state index contributed by atoms with van der Waals surface area (Å²) in [7, 11) is 0. The van der Waals surface area contributed by atoms with Crippen LogP contribution in [0.15, 0.2) is 24.3 Å². The van der Waals surface area contributed by atoms with Crippen LogP contribution in [0.4, 0.5) is 22.4 Å². The van der Waals surface area contributed by atoms with Crippen molar-refractivity contribution in [2.75, 3.05) is 32.8 Å². The molecule has 8 nitrogen and oxygen atoms in total. The van der Waals surface area contributed by atoms with Gasteiger partial charge in [0.05, 0.1) is 12.3 Å². The molecule has 0 radical (unpaired) electrons. The van der Waals surface area contributed by atoms with Crippen LogP contribution in [0.5, 0.6) is 0 Å². The van der Waals surface area contributed by atoms with Gasteiger partial charge in [-0.15, -0.1) is 5.10 Å². The summed E-state index contributed by atoms with van der Waals surface area (Å²) in [6, 6.07) is 4.16. The molecule has 0 bridgehead atoms. The molecule has 1 saturated heterocycles. The van der Waals surface area contributed by atoms with Crippen molar-refractivity contribution in [3.63, 3.8) is 0 Å². The first-order chi connectivity index (χ1) is 13.7. The van der Waals surface area contributed by atoms with E-state index in [0.717, 1.165) is 24.3 Å². The Morgan fingerprint density at radius 2 is 1.66 bits per heavy atom. The summed E-state index contributed by atoms with van der Waals surface area (Å²) in [6.07, 6.45) is -5.46. The first kappa shape index (κ1) is 20.6. The Labute approximate surface area is 162 Å². The van der Waals surface area contributed by atoms with Crippen molar-refractivity contribution < 1.29 is 31.9 Å². The number of hydrogen-bond acceptors (Lipinski definition) is 5. The van der Waals surface area contributed by atoms with Crippen LogP contribution in [0.1, 0.15) is 23.1 Å². The molecule has 0 aliphatic carbocycles. The van der Waals surface area contributed by atoms with Gasteiger partial charge in [-0.1, -0.05) is 5.21 Å². The van der Waals surface area contributed by atoms with Gasteiger partial charge in [-0.3, -0.25) is 4.79 Å². The minimum absolute atomic E-state index is 0.0261. The molecule has 0 N–H and O–H groups in total. The van der Waals surface area contributed by atoms with Crippen LogP contribution in [-0.4, -0.2) is 69.6 Å². The average molecular weight is 415 g/mol. The third-order valence-electron chi connectivity index (χ3n) is 4.31. The third kappa shape index (κ3) is 4.30. The minimum Gasteiger partial charge on any atom is -0.450 e. The van der Waals surface area contributed by atoms with E-state index in [1.54, 1.807) is 6.92 Å². The van der Waals surface area contributed by atoms with Crippen LogP contribution in [0.2, 0.25) is 0 Å². The zero-order valence-corrected chi connectivity index (χ0v) is 15.3. The van der Waals surface area contributed by atoms with Crippen molar-refractivity contribution in [1.82, 2.24) is 24.8 Å². The van der Waals surface area contributed by atoms with Gasteiger partial charge in [-0.05, 0) is 31.2 Å². The monoisotopic (exact) mass is 415 g/mol. The highest BCUT2D eigenvalue weighted by atomic mass is 19.4. The molecule has 2 heterocycles. The molecule has 29 heavy (non-hydrogen) atoms. The fourth-order valence-corrected chi connectivity index (χ4v) is 2.90. The Hall–Kier alpha value is -3.18. The Balaban J connectivity index is 1.85. The lowest BCUT2D eigenvalue weighted by atomic mass is 10.2. The summed E-state index contributed by atoms with van der Waals surface area (Å²) in [6.45, 7) is 2.15. The summed E-state index contributed by atoms with van der Waals surface area (Å²) < 4.78 is 59.4. The van der Waals surface area contributed by atoms with Crippen molar-refractivity contribution >= 4 is 12.0 Å². The van der Waals surface area contributed by atoms with E-state index in [0.29, 0.717) is 4.68 Å². The van der Waals surface area contributed by atoms with Crippen LogP contribution in [-0.2, 0) is 10.9 Å². The summed E-state index contributed by atoms with van der Waals surface area (Å²) in [4.78, 5) is 26.9. The zero-order valence-electron chi connectivity index (χ0n) is 15.3. The summed E-state index contributed by atoms with van der Waals surface area (Å²) in [5.74, 6) is -1.58. The lowest BCUT2D eigenvalue weighted by molar-refractivity contribution is -0.143. The molecular weight excluding hydrogens is 398 g/mol. The van der Waals surface area contributed by atoms with E-state index in [1.165, 1.54) is 9.80 Å². The van der Waals surface area contributed by atoms with E-state index in [2.05, 4.69) is 10.3 Å². The normalized spacial score (nSPS) is 14.8. The predicted octanol–water partition coefficient (Wildman–Crippen LogP) is 2.34. The van der Waals surface area contributed by atoms with Crippen LogP contribution in [0.25, 0.3) is 5.69 Å². The maximum Gasteiger partial charge on any atom is 0.435 e. The average Bonchev–Trinajstić information content (AvgIpc) is 3.14. The Bertz CT molecular complexity index is 889. The van der Waals surface area contributed by atoms with Gasteiger partial charge in [-0.2, -0.15) is 13.2 Å². The largest absolute Gasteiger partial charge is 0.450 e. The molecule has 0 unspecified atom stereocenters. The van der Waals surface area contributed by atoms with E-state index in [4.69, 9.17) is 4.74 Å². The van der Waals surface area contributed by atoms with Crippen LogP contribution >= 0.6 is 0 Å². The van der Waals surface area contributed by atoms with E-state index in [1.807, 2.05) is 0 Å². The number of carbonyl (C=O) groups excluding carboxylic acids is 2. The number of halogens is 4. The van der Waals surface area contributed by atoms with E-state index in [9.17, 15) is 27.2 Å². The van der Waals surface area contributed by atoms with Crippen LogP contribution in [0, 0.1) is 5.82 Å². The number of piperazine rings is 1. The number of alkyl halides is 3. The van der Waals surface area contributed by atoms with Gasteiger partial charge >= 0.3 is 12.3 Å². The molecular formula is C17H17F4N5O3. The van der Waals surface area contributed by atoms with Crippen molar-refractivity contribution in [2.45, 2.75) is 13.1 Å². The van der Waals surface area contributed by atoms with E-state index in [-0.39, 0.29) is 38.5 Å². The SMILES string of the molecule is CCOC(=O)N1CCN(C(=O)c2nnn(-c3ccc(F)cc3)c2C(F)(F)F)CC1.